The molecule has 4 nitrogen and oxygen atoms in total. The number of aromatic nitrogens is 1. The molecule has 4 rings (SSSR count). The van der Waals surface area contributed by atoms with Crippen LogP contribution in [0.3, 0.4) is 0 Å². The van der Waals surface area contributed by atoms with Crippen LogP contribution < -0.4 is 0 Å². The fourth-order valence-electron chi connectivity index (χ4n) is 3.34. The molecule has 26 heavy (non-hydrogen) atoms. The average Bonchev–Trinajstić information content (AvgIpc) is 3.47. The first kappa shape index (κ1) is 16.9. The molecule has 1 aromatic heterocycles. The van der Waals surface area contributed by atoms with Crippen molar-refractivity contribution in [2.75, 3.05) is 6.54 Å². The molecule has 0 spiro atoms. The minimum Gasteiger partial charge on any atom is -0.494 e. The molecule has 2 aliphatic rings. The summed E-state index contributed by atoms with van der Waals surface area (Å²) >= 11 is 0. The molecule has 0 amide bonds. The van der Waals surface area contributed by atoms with Crippen molar-refractivity contribution < 1.29 is 10.2 Å². The molecule has 2 N–H and O–H groups in total. The van der Waals surface area contributed by atoms with E-state index in [2.05, 4.69) is 16.0 Å². The smallest absolute Gasteiger partial charge is 0.195 e. The molecule has 2 heterocycles. The Kier molecular flexibility index (Phi) is 4.08. The van der Waals surface area contributed by atoms with Gasteiger partial charge in [-0.3, -0.25) is 4.98 Å². The molecular formula is C22H24N2O2. The number of allylic oxidation sites excluding steroid dienone is 2. The third-order valence-electron chi connectivity index (χ3n) is 5.01. The average molecular weight is 348 g/mol. The van der Waals surface area contributed by atoms with Gasteiger partial charge in [0.05, 0.1) is 5.69 Å². The summed E-state index contributed by atoms with van der Waals surface area (Å²) in [7, 11) is 0. The second kappa shape index (κ2) is 6.29. The maximum atomic E-state index is 10.8. The molecular weight excluding hydrogens is 324 g/mol. The normalized spacial score (nSPS) is 18.1. The van der Waals surface area contributed by atoms with Crippen LogP contribution in [0.15, 0.2) is 60.6 Å². The molecule has 1 aromatic carbocycles. The molecule has 134 valence electrons. The summed E-state index contributed by atoms with van der Waals surface area (Å²) in [6.07, 6.45) is 6.12. The van der Waals surface area contributed by atoms with E-state index >= 15 is 0 Å². The third-order valence-corrected chi connectivity index (χ3v) is 5.01. The van der Waals surface area contributed by atoms with E-state index in [0.717, 1.165) is 35.1 Å². The maximum Gasteiger partial charge on any atom is 0.195 e. The molecule has 2 aromatic rings. The fourth-order valence-corrected chi connectivity index (χ4v) is 3.34. The predicted molar refractivity (Wildman–Crippen MR) is 103 cm³/mol. The largest absolute Gasteiger partial charge is 0.494 e. The Morgan fingerprint density at radius 1 is 1.04 bits per heavy atom. The van der Waals surface area contributed by atoms with E-state index in [-0.39, 0.29) is 0 Å². The lowest BCUT2D eigenvalue weighted by Gasteiger charge is -2.30. The molecule has 0 unspecified atom stereocenters. The molecule has 0 bridgehead atoms. The van der Waals surface area contributed by atoms with E-state index in [1.54, 1.807) is 13.8 Å². The van der Waals surface area contributed by atoms with E-state index in [4.69, 9.17) is 0 Å². The van der Waals surface area contributed by atoms with Crippen molar-refractivity contribution >= 4 is 11.1 Å². The topological polar surface area (TPSA) is 56.6 Å². The van der Waals surface area contributed by atoms with Crippen LogP contribution in [0.5, 0.6) is 0 Å². The van der Waals surface area contributed by atoms with Crippen LogP contribution in [-0.2, 0) is 5.60 Å². The minimum atomic E-state index is -0.951. The summed E-state index contributed by atoms with van der Waals surface area (Å²) in [4.78, 5) is 6.54. The Morgan fingerprint density at radius 2 is 1.77 bits per heavy atom. The summed E-state index contributed by atoms with van der Waals surface area (Å²) in [5.74, 6) is 0.364. The fraction of sp³-hybridized carbons (Fsp3) is 0.318. The summed E-state index contributed by atoms with van der Waals surface area (Å²) in [6.45, 7) is 4.15. The molecule has 0 atom stereocenters. The van der Waals surface area contributed by atoms with Gasteiger partial charge in [0.25, 0.3) is 0 Å². The van der Waals surface area contributed by atoms with Gasteiger partial charge >= 0.3 is 0 Å². The van der Waals surface area contributed by atoms with Crippen molar-refractivity contribution in [1.82, 2.24) is 9.88 Å². The van der Waals surface area contributed by atoms with Gasteiger partial charge in [-0.25, -0.2) is 0 Å². The van der Waals surface area contributed by atoms with Crippen LogP contribution in [0, 0.1) is 0 Å². The minimum absolute atomic E-state index is 0.364. The van der Waals surface area contributed by atoms with Crippen LogP contribution in [0.4, 0.5) is 0 Å². The molecule has 1 aliphatic heterocycles. The predicted octanol–water partition coefficient (Wildman–Crippen LogP) is 4.10. The van der Waals surface area contributed by atoms with Crippen molar-refractivity contribution in [2.45, 2.75) is 38.3 Å². The van der Waals surface area contributed by atoms with Crippen molar-refractivity contribution in [3.63, 3.8) is 0 Å². The Labute approximate surface area is 154 Å². The highest BCUT2D eigenvalue weighted by Crippen LogP contribution is 2.38. The van der Waals surface area contributed by atoms with Gasteiger partial charge in [-0.2, -0.15) is 0 Å². The van der Waals surface area contributed by atoms with Gasteiger partial charge in [0, 0.05) is 24.4 Å². The standard InChI is InChI=1S/C22H24N2O2/c1-22(2,26)20-11-8-16(13-23-20)17-12-19(15-6-4-3-5-7-15)21(25)24(14-17)18-9-10-18/h3-8,11-13,18,25-26H,9-10,14H2,1-2H3. The van der Waals surface area contributed by atoms with Crippen LogP contribution in [0.25, 0.3) is 11.1 Å². The number of pyridine rings is 1. The zero-order chi connectivity index (χ0) is 18.3. The highest BCUT2D eigenvalue weighted by molar-refractivity contribution is 5.87. The van der Waals surface area contributed by atoms with Gasteiger partial charge in [0.2, 0.25) is 0 Å². The van der Waals surface area contributed by atoms with E-state index in [0.29, 0.717) is 24.2 Å². The lowest BCUT2D eigenvalue weighted by molar-refractivity contribution is 0.0738. The van der Waals surface area contributed by atoms with Crippen molar-refractivity contribution in [3.05, 3.63) is 77.4 Å². The van der Waals surface area contributed by atoms with E-state index in [9.17, 15) is 10.2 Å². The Hall–Kier alpha value is -2.59. The third kappa shape index (κ3) is 3.25. The molecule has 1 fully saturated rings. The number of benzene rings is 1. The van der Waals surface area contributed by atoms with E-state index in [1.165, 1.54) is 0 Å². The highest BCUT2D eigenvalue weighted by Gasteiger charge is 2.34. The van der Waals surface area contributed by atoms with Crippen molar-refractivity contribution in [2.24, 2.45) is 0 Å². The first-order valence-electron chi connectivity index (χ1n) is 9.08. The van der Waals surface area contributed by atoms with Gasteiger partial charge in [0.1, 0.15) is 5.60 Å². The second-order valence-corrected chi connectivity index (χ2v) is 7.62. The Bertz CT molecular complexity index is 857. The Balaban J connectivity index is 1.74. The van der Waals surface area contributed by atoms with Gasteiger partial charge in [-0.15, -0.1) is 0 Å². The molecule has 0 radical (unpaired) electrons. The lowest BCUT2D eigenvalue weighted by Crippen LogP contribution is -2.30. The number of hydrogen-bond donors (Lipinski definition) is 2. The quantitative estimate of drug-likeness (QED) is 0.873. The lowest BCUT2D eigenvalue weighted by atomic mass is 9.95. The first-order chi connectivity index (χ1) is 12.4. The molecule has 1 saturated carbocycles. The van der Waals surface area contributed by atoms with Crippen molar-refractivity contribution in [3.8, 4) is 0 Å². The van der Waals surface area contributed by atoms with Gasteiger partial charge < -0.3 is 15.1 Å². The summed E-state index contributed by atoms with van der Waals surface area (Å²) in [5.41, 5.74) is 3.71. The number of rotatable bonds is 4. The Morgan fingerprint density at radius 3 is 2.35 bits per heavy atom. The SMILES string of the molecule is CC(C)(O)c1ccc(C2=CC(c3ccccc3)=C(O)N(C3CC3)C2)cn1. The van der Waals surface area contributed by atoms with Crippen LogP contribution in [-0.4, -0.2) is 32.7 Å². The first-order valence-corrected chi connectivity index (χ1v) is 9.08. The van der Waals surface area contributed by atoms with E-state index in [1.807, 2.05) is 48.7 Å². The van der Waals surface area contributed by atoms with Crippen LogP contribution in [0.2, 0.25) is 0 Å². The molecule has 0 saturated heterocycles. The molecule has 4 heteroatoms. The summed E-state index contributed by atoms with van der Waals surface area (Å²) in [5, 5.41) is 20.9. The molecule has 1 aliphatic carbocycles. The number of hydrogen-bond acceptors (Lipinski definition) is 4. The van der Waals surface area contributed by atoms with Crippen LogP contribution >= 0.6 is 0 Å². The maximum absolute atomic E-state index is 10.8. The number of nitrogens with zero attached hydrogens (tertiary/aromatic N) is 2. The van der Waals surface area contributed by atoms with Gasteiger partial charge in [-0.05, 0) is 55.5 Å². The monoisotopic (exact) mass is 348 g/mol. The summed E-state index contributed by atoms with van der Waals surface area (Å²) < 4.78 is 0. The zero-order valence-electron chi connectivity index (χ0n) is 15.2. The van der Waals surface area contributed by atoms with Gasteiger partial charge in [-0.1, -0.05) is 36.4 Å². The number of aliphatic hydroxyl groups is 2. The van der Waals surface area contributed by atoms with Gasteiger partial charge in [0.15, 0.2) is 5.88 Å². The highest BCUT2D eigenvalue weighted by atomic mass is 16.3. The van der Waals surface area contributed by atoms with Crippen LogP contribution in [0.1, 0.15) is 43.5 Å². The zero-order valence-corrected chi connectivity index (χ0v) is 15.2. The summed E-state index contributed by atoms with van der Waals surface area (Å²) in [6, 6.07) is 14.3. The number of aliphatic hydroxyl groups excluding tert-OH is 1. The second-order valence-electron chi connectivity index (χ2n) is 7.62. The van der Waals surface area contributed by atoms with Crippen molar-refractivity contribution in [1.29, 1.82) is 0 Å². The van der Waals surface area contributed by atoms with E-state index < -0.39 is 5.60 Å².